The quantitative estimate of drug-likeness (QED) is 0.463. The van der Waals surface area contributed by atoms with E-state index in [0.717, 1.165) is 51.4 Å². The first kappa shape index (κ1) is 18.1. The molecule has 26 heavy (non-hydrogen) atoms. The smallest absolute Gasteiger partial charge is 0.116 e. The molecular formula is C21H22N4S. The van der Waals surface area contributed by atoms with Gasteiger partial charge in [0.15, 0.2) is 0 Å². The van der Waals surface area contributed by atoms with Crippen LogP contribution in [0.3, 0.4) is 0 Å². The summed E-state index contributed by atoms with van der Waals surface area (Å²) in [5.41, 5.74) is 5.45. The van der Waals surface area contributed by atoms with Crippen molar-refractivity contribution in [3.05, 3.63) is 78.5 Å². The first-order valence-electron chi connectivity index (χ1n) is 8.63. The molecule has 0 aliphatic heterocycles. The highest BCUT2D eigenvalue weighted by molar-refractivity contribution is 7.97. The van der Waals surface area contributed by atoms with E-state index in [2.05, 4.69) is 40.3 Å². The van der Waals surface area contributed by atoms with Crippen molar-refractivity contribution in [1.82, 2.24) is 19.7 Å². The van der Waals surface area contributed by atoms with Gasteiger partial charge in [-0.25, -0.2) is 15.0 Å². The van der Waals surface area contributed by atoms with Gasteiger partial charge in [0.25, 0.3) is 0 Å². The third-order valence-electron chi connectivity index (χ3n) is 3.84. The van der Waals surface area contributed by atoms with Gasteiger partial charge in [0.1, 0.15) is 11.8 Å². The molecule has 3 aromatic rings. The molecule has 0 aliphatic carbocycles. The van der Waals surface area contributed by atoms with E-state index in [0.29, 0.717) is 0 Å². The number of hydrogen-bond acceptors (Lipinski definition) is 5. The van der Waals surface area contributed by atoms with Crippen molar-refractivity contribution in [2.24, 2.45) is 0 Å². The van der Waals surface area contributed by atoms with Crippen LogP contribution in [0.25, 0.3) is 16.6 Å². The lowest BCUT2D eigenvalue weighted by Gasteiger charge is -2.08. The van der Waals surface area contributed by atoms with Crippen LogP contribution in [0.5, 0.6) is 0 Å². The Morgan fingerprint density at radius 3 is 2.73 bits per heavy atom. The fraction of sp³-hybridized carbons (Fsp3) is 0.190. The van der Waals surface area contributed by atoms with E-state index < -0.39 is 0 Å². The maximum absolute atomic E-state index is 4.76. The van der Waals surface area contributed by atoms with Crippen molar-refractivity contribution in [2.75, 3.05) is 0 Å². The lowest BCUT2D eigenvalue weighted by Crippen LogP contribution is -2.01. The Bertz CT molecular complexity index is 935. The molecule has 0 aliphatic rings. The Morgan fingerprint density at radius 2 is 1.96 bits per heavy atom. The summed E-state index contributed by atoms with van der Waals surface area (Å²) in [6.45, 7) is 8.33. The van der Waals surface area contributed by atoms with Crippen LogP contribution in [0, 0.1) is 0 Å². The predicted molar refractivity (Wildman–Crippen MR) is 110 cm³/mol. The molecule has 5 heteroatoms. The first-order chi connectivity index (χ1) is 12.7. The zero-order valence-electron chi connectivity index (χ0n) is 15.1. The van der Waals surface area contributed by atoms with Gasteiger partial charge in [-0.1, -0.05) is 38.1 Å². The molecule has 2 heterocycles. The molecule has 2 aromatic heterocycles. The van der Waals surface area contributed by atoms with Gasteiger partial charge in [-0.2, -0.15) is 0 Å². The van der Waals surface area contributed by atoms with Gasteiger partial charge in [-0.15, -0.1) is 0 Å². The summed E-state index contributed by atoms with van der Waals surface area (Å²) in [5.74, 6) is 0. The molecule has 0 unspecified atom stereocenters. The Balaban J connectivity index is 1.77. The molecule has 3 rings (SSSR count). The molecule has 1 N–H and O–H groups in total. The van der Waals surface area contributed by atoms with Gasteiger partial charge in [0.05, 0.1) is 16.9 Å². The van der Waals surface area contributed by atoms with Gasteiger partial charge in [-0.3, -0.25) is 0 Å². The summed E-state index contributed by atoms with van der Waals surface area (Å²) in [5, 5.41) is 0. The molecule has 0 bridgehead atoms. The van der Waals surface area contributed by atoms with Crippen molar-refractivity contribution in [3.63, 3.8) is 0 Å². The lowest BCUT2D eigenvalue weighted by atomic mass is 10.1. The number of nitrogens with zero attached hydrogens (tertiary/aromatic N) is 3. The third-order valence-corrected chi connectivity index (χ3v) is 4.77. The number of nitrogens with one attached hydrogen (secondary N) is 1. The minimum atomic E-state index is 0.843. The van der Waals surface area contributed by atoms with Gasteiger partial charge >= 0.3 is 0 Å². The van der Waals surface area contributed by atoms with E-state index in [1.807, 2.05) is 43.3 Å². The largest absolute Gasteiger partial charge is 0.330 e. The topological polar surface area (TPSA) is 50.7 Å². The molecular weight excluding hydrogens is 340 g/mol. The maximum Gasteiger partial charge on any atom is 0.116 e. The standard InChI is InChI=1S/C21H22N4S/c1-4-8-19-21-20(23-14-22-19)12-11-18(24-21)15(2)13-16(3)25-26-17-9-6-5-7-10-17/h5-7,9-14,25H,2,4,8H2,1,3H3/b16-13+. The second kappa shape index (κ2) is 8.63. The number of aryl methyl sites for hydroxylation is 1. The highest BCUT2D eigenvalue weighted by Gasteiger charge is 2.07. The van der Waals surface area contributed by atoms with E-state index in [-0.39, 0.29) is 0 Å². The van der Waals surface area contributed by atoms with E-state index in [4.69, 9.17) is 4.98 Å². The van der Waals surface area contributed by atoms with Crippen LogP contribution >= 0.6 is 11.9 Å². The second-order valence-corrected chi connectivity index (χ2v) is 6.88. The van der Waals surface area contributed by atoms with Gasteiger partial charge in [-0.05, 0) is 61.2 Å². The lowest BCUT2D eigenvalue weighted by molar-refractivity contribution is 0.881. The van der Waals surface area contributed by atoms with Crippen molar-refractivity contribution in [3.8, 4) is 0 Å². The Labute approximate surface area is 158 Å². The average Bonchev–Trinajstić information content (AvgIpc) is 2.67. The molecule has 0 saturated carbocycles. The molecule has 1 aromatic carbocycles. The summed E-state index contributed by atoms with van der Waals surface area (Å²) in [6, 6.07) is 14.1. The van der Waals surface area contributed by atoms with Gasteiger partial charge in [0.2, 0.25) is 0 Å². The van der Waals surface area contributed by atoms with E-state index in [9.17, 15) is 0 Å². The number of benzene rings is 1. The molecule has 0 atom stereocenters. The summed E-state index contributed by atoms with van der Waals surface area (Å²) in [4.78, 5) is 14.6. The van der Waals surface area contributed by atoms with Gasteiger partial charge in [0, 0.05) is 10.6 Å². The minimum absolute atomic E-state index is 0.843. The minimum Gasteiger partial charge on any atom is -0.330 e. The predicted octanol–water partition coefficient (Wildman–Crippen LogP) is 5.19. The van der Waals surface area contributed by atoms with Crippen molar-refractivity contribution < 1.29 is 0 Å². The Hall–Kier alpha value is -2.66. The SMILES string of the molecule is C=C(/C=C(\C)NSc1ccccc1)c1ccc2ncnc(CCC)c2n1. The zero-order valence-corrected chi connectivity index (χ0v) is 15.9. The van der Waals surface area contributed by atoms with Crippen LogP contribution < -0.4 is 4.72 Å². The second-order valence-electron chi connectivity index (χ2n) is 6.00. The van der Waals surface area contributed by atoms with Crippen LogP contribution in [0.2, 0.25) is 0 Å². The highest BCUT2D eigenvalue weighted by Crippen LogP contribution is 2.20. The molecule has 0 saturated heterocycles. The highest BCUT2D eigenvalue weighted by atomic mass is 32.2. The van der Waals surface area contributed by atoms with E-state index >= 15 is 0 Å². The third kappa shape index (κ3) is 4.49. The molecule has 0 amide bonds. The number of fused-ring (bicyclic) bond motifs is 1. The number of allylic oxidation sites excluding steroid dienone is 3. The molecule has 0 fully saturated rings. The number of rotatable bonds is 7. The normalized spacial score (nSPS) is 11.5. The fourth-order valence-electron chi connectivity index (χ4n) is 2.58. The molecule has 0 radical (unpaired) electrons. The number of aromatic nitrogens is 3. The summed E-state index contributed by atoms with van der Waals surface area (Å²) in [7, 11) is 0. The number of hydrogen-bond donors (Lipinski definition) is 1. The van der Waals surface area contributed by atoms with Crippen LogP contribution in [0.4, 0.5) is 0 Å². The van der Waals surface area contributed by atoms with Crippen molar-refractivity contribution in [2.45, 2.75) is 31.6 Å². The average molecular weight is 363 g/mol. The van der Waals surface area contributed by atoms with Crippen LogP contribution in [-0.2, 0) is 6.42 Å². The molecule has 132 valence electrons. The first-order valence-corrected chi connectivity index (χ1v) is 9.45. The summed E-state index contributed by atoms with van der Waals surface area (Å²) in [6.07, 6.45) is 5.54. The summed E-state index contributed by atoms with van der Waals surface area (Å²) >= 11 is 1.58. The fourth-order valence-corrected chi connectivity index (χ4v) is 3.21. The van der Waals surface area contributed by atoms with E-state index in [1.165, 1.54) is 0 Å². The van der Waals surface area contributed by atoms with Crippen molar-refractivity contribution >= 4 is 28.6 Å². The Morgan fingerprint density at radius 1 is 1.15 bits per heavy atom. The maximum atomic E-state index is 4.76. The van der Waals surface area contributed by atoms with Crippen LogP contribution in [0.15, 0.2) is 72.0 Å². The van der Waals surface area contributed by atoms with Gasteiger partial charge < -0.3 is 4.72 Å². The van der Waals surface area contributed by atoms with Crippen molar-refractivity contribution in [1.29, 1.82) is 0 Å². The van der Waals surface area contributed by atoms with Crippen LogP contribution in [0.1, 0.15) is 31.7 Å². The molecule has 4 nitrogen and oxygen atoms in total. The number of pyridine rings is 1. The van der Waals surface area contributed by atoms with Crippen LogP contribution in [-0.4, -0.2) is 15.0 Å². The van der Waals surface area contributed by atoms with E-state index in [1.54, 1.807) is 18.3 Å². The summed E-state index contributed by atoms with van der Waals surface area (Å²) < 4.78 is 3.33. The molecule has 0 spiro atoms. The zero-order chi connectivity index (χ0) is 18.4. The monoisotopic (exact) mass is 362 g/mol. The Kier molecular flexibility index (Phi) is 6.02.